The topological polar surface area (TPSA) is 86.8 Å². The summed E-state index contributed by atoms with van der Waals surface area (Å²) in [5, 5.41) is 2.18. The summed E-state index contributed by atoms with van der Waals surface area (Å²) in [5.41, 5.74) is 1.46. The minimum atomic E-state index is -3.71. The second-order valence-corrected chi connectivity index (χ2v) is 8.95. The molecule has 2 aromatic rings. The zero-order valence-corrected chi connectivity index (χ0v) is 16.6. The fourth-order valence-corrected chi connectivity index (χ4v) is 4.96. The number of benzene rings is 2. The molecule has 2 aliphatic rings. The van der Waals surface area contributed by atoms with E-state index < -0.39 is 21.8 Å². The van der Waals surface area contributed by atoms with Crippen LogP contribution in [0.25, 0.3) is 6.08 Å². The summed E-state index contributed by atoms with van der Waals surface area (Å²) in [5.74, 6) is -1.05. The predicted molar refractivity (Wildman–Crippen MR) is 109 cm³/mol. The van der Waals surface area contributed by atoms with E-state index in [1.54, 1.807) is 0 Å². The van der Waals surface area contributed by atoms with Gasteiger partial charge in [-0.15, -0.1) is 0 Å². The molecule has 8 heteroatoms. The number of amides is 2. The first-order valence-electron chi connectivity index (χ1n) is 9.39. The number of imide groups is 1. The van der Waals surface area contributed by atoms with Crippen molar-refractivity contribution in [3.63, 3.8) is 0 Å². The number of hydrogen-bond acceptors (Lipinski definition) is 5. The molecular weight excluding hydrogens is 390 g/mol. The van der Waals surface area contributed by atoms with E-state index >= 15 is 0 Å². The zero-order valence-electron chi connectivity index (χ0n) is 15.7. The lowest BCUT2D eigenvalue weighted by Crippen LogP contribution is -2.48. The Morgan fingerprint density at radius 2 is 1.59 bits per heavy atom. The van der Waals surface area contributed by atoms with Crippen LogP contribution >= 0.6 is 0 Å². The fourth-order valence-electron chi connectivity index (χ4n) is 3.51. The molecule has 0 bridgehead atoms. The van der Waals surface area contributed by atoms with Crippen LogP contribution in [0, 0.1) is 0 Å². The number of rotatable bonds is 5. The van der Waals surface area contributed by atoms with Crippen LogP contribution in [0.5, 0.6) is 0 Å². The Bertz CT molecular complexity index is 1070. The number of hydrogen-bond donors (Lipinski definition) is 1. The van der Waals surface area contributed by atoms with Gasteiger partial charge in [0.2, 0.25) is 10.0 Å². The van der Waals surface area contributed by atoms with Crippen LogP contribution < -0.4 is 5.32 Å². The van der Waals surface area contributed by atoms with Crippen molar-refractivity contribution in [3.8, 4) is 0 Å². The lowest BCUT2D eigenvalue weighted by Gasteiger charge is -2.33. The smallest absolute Gasteiger partial charge is 0.258 e. The molecule has 0 saturated carbocycles. The first-order valence-corrected chi connectivity index (χ1v) is 10.8. The number of sulfonamides is 1. The average Bonchev–Trinajstić information content (AvgIpc) is 3.02. The number of carbonyl (C=O) groups is 2. The van der Waals surface area contributed by atoms with Crippen molar-refractivity contribution in [1.29, 1.82) is 0 Å². The number of nitrogens with one attached hydrogen (secondary N) is 1. The highest BCUT2D eigenvalue weighted by atomic mass is 32.2. The van der Waals surface area contributed by atoms with Gasteiger partial charge in [-0.3, -0.25) is 19.8 Å². The van der Waals surface area contributed by atoms with Gasteiger partial charge in [-0.25, -0.2) is 8.42 Å². The molecule has 0 spiro atoms. The van der Waals surface area contributed by atoms with Crippen LogP contribution in [0.4, 0.5) is 0 Å². The van der Waals surface area contributed by atoms with Gasteiger partial charge >= 0.3 is 0 Å². The standard InChI is InChI=1S/C21H21N3O4S/c25-20-18-9-8-17(15-19(18)21(26)22-20)29(27,28)24-13-11-23(12-14-24)10-4-7-16-5-2-1-3-6-16/h1-9,15H,10-14H2,(H,22,25,26)/b7-4+. The number of nitrogens with zero attached hydrogens (tertiary/aromatic N) is 2. The van der Waals surface area contributed by atoms with Crippen LogP contribution in [0.1, 0.15) is 26.3 Å². The Morgan fingerprint density at radius 3 is 2.31 bits per heavy atom. The van der Waals surface area contributed by atoms with E-state index in [2.05, 4.69) is 22.4 Å². The molecule has 2 heterocycles. The lowest BCUT2D eigenvalue weighted by molar-refractivity contribution is 0.0879. The van der Waals surface area contributed by atoms with Crippen molar-refractivity contribution in [2.45, 2.75) is 4.90 Å². The Hall–Kier alpha value is -2.81. The fraction of sp³-hybridized carbons (Fsp3) is 0.238. The maximum absolute atomic E-state index is 13.0. The lowest BCUT2D eigenvalue weighted by atomic mass is 10.1. The van der Waals surface area contributed by atoms with Crippen LogP contribution in [0.3, 0.4) is 0 Å². The van der Waals surface area contributed by atoms with Gasteiger partial charge in [0.15, 0.2) is 0 Å². The number of piperazine rings is 1. The molecule has 29 heavy (non-hydrogen) atoms. The molecule has 150 valence electrons. The zero-order chi connectivity index (χ0) is 20.4. The maximum Gasteiger partial charge on any atom is 0.258 e. The van der Waals surface area contributed by atoms with Crippen molar-refractivity contribution < 1.29 is 18.0 Å². The molecule has 0 unspecified atom stereocenters. The third-order valence-electron chi connectivity index (χ3n) is 5.15. The molecule has 2 amide bonds. The van der Waals surface area contributed by atoms with Crippen LogP contribution in [0.15, 0.2) is 59.5 Å². The number of fused-ring (bicyclic) bond motifs is 1. The van der Waals surface area contributed by atoms with Crippen molar-refractivity contribution in [3.05, 3.63) is 71.3 Å². The monoisotopic (exact) mass is 411 g/mol. The van der Waals surface area contributed by atoms with Crippen LogP contribution in [0.2, 0.25) is 0 Å². The molecule has 7 nitrogen and oxygen atoms in total. The highest BCUT2D eigenvalue weighted by Crippen LogP contribution is 2.23. The Balaban J connectivity index is 1.39. The maximum atomic E-state index is 13.0. The van der Waals surface area contributed by atoms with Crippen molar-refractivity contribution in [2.75, 3.05) is 32.7 Å². The van der Waals surface area contributed by atoms with Crippen molar-refractivity contribution in [2.24, 2.45) is 0 Å². The minimum Gasteiger partial charge on any atom is -0.297 e. The molecule has 1 N–H and O–H groups in total. The van der Waals surface area contributed by atoms with Crippen molar-refractivity contribution >= 4 is 27.9 Å². The highest BCUT2D eigenvalue weighted by molar-refractivity contribution is 7.89. The molecular formula is C21H21N3O4S. The van der Waals surface area contributed by atoms with E-state index in [-0.39, 0.29) is 16.0 Å². The van der Waals surface area contributed by atoms with E-state index in [1.165, 1.54) is 22.5 Å². The summed E-state index contributed by atoms with van der Waals surface area (Å²) < 4.78 is 27.3. The van der Waals surface area contributed by atoms with E-state index in [0.717, 1.165) is 12.1 Å². The summed E-state index contributed by atoms with van der Waals surface area (Å²) in [6.45, 7) is 2.77. The summed E-state index contributed by atoms with van der Waals surface area (Å²) in [7, 11) is -3.71. The Labute approximate surface area is 169 Å². The minimum absolute atomic E-state index is 0.0403. The quantitative estimate of drug-likeness (QED) is 0.755. The molecule has 1 fully saturated rings. The van der Waals surface area contributed by atoms with E-state index in [0.29, 0.717) is 26.2 Å². The molecule has 4 rings (SSSR count). The first kappa shape index (κ1) is 19.5. The second kappa shape index (κ2) is 7.90. The van der Waals surface area contributed by atoms with Gasteiger partial charge in [0, 0.05) is 32.7 Å². The normalized spacial score (nSPS) is 18.2. The molecule has 1 saturated heterocycles. The largest absolute Gasteiger partial charge is 0.297 e. The predicted octanol–water partition coefficient (Wildman–Crippen LogP) is 1.59. The van der Waals surface area contributed by atoms with Gasteiger partial charge in [-0.05, 0) is 23.8 Å². The summed E-state index contributed by atoms with van der Waals surface area (Å²) in [4.78, 5) is 25.7. The van der Waals surface area contributed by atoms with Crippen LogP contribution in [-0.2, 0) is 10.0 Å². The molecule has 0 radical (unpaired) electrons. The summed E-state index contributed by atoms with van der Waals surface area (Å²) >= 11 is 0. The third kappa shape index (κ3) is 4.00. The Morgan fingerprint density at radius 1 is 0.897 bits per heavy atom. The third-order valence-corrected chi connectivity index (χ3v) is 7.04. The molecule has 0 aliphatic carbocycles. The van der Waals surface area contributed by atoms with Gasteiger partial charge in [0.25, 0.3) is 11.8 Å². The van der Waals surface area contributed by atoms with Gasteiger partial charge in [0.05, 0.1) is 16.0 Å². The molecule has 2 aromatic carbocycles. The molecule has 2 aliphatic heterocycles. The van der Waals surface area contributed by atoms with Gasteiger partial charge < -0.3 is 0 Å². The van der Waals surface area contributed by atoms with Crippen LogP contribution in [-0.4, -0.2) is 62.2 Å². The van der Waals surface area contributed by atoms with E-state index in [4.69, 9.17) is 0 Å². The average molecular weight is 411 g/mol. The summed E-state index contributed by atoms with van der Waals surface area (Å²) in [6.07, 6.45) is 4.13. The van der Waals surface area contributed by atoms with Gasteiger partial charge in [-0.1, -0.05) is 42.5 Å². The molecule has 0 aromatic heterocycles. The van der Waals surface area contributed by atoms with E-state index in [9.17, 15) is 18.0 Å². The second-order valence-electron chi connectivity index (χ2n) is 7.01. The Kier molecular flexibility index (Phi) is 5.31. The SMILES string of the molecule is O=C1NC(=O)c2cc(S(=O)(=O)N3CCN(C/C=C/c4ccccc4)CC3)ccc21. The molecule has 0 atom stereocenters. The highest BCUT2D eigenvalue weighted by Gasteiger charge is 2.32. The van der Waals surface area contributed by atoms with E-state index in [1.807, 2.05) is 30.3 Å². The van der Waals surface area contributed by atoms with Crippen molar-refractivity contribution in [1.82, 2.24) is 14.5 Å². The van der Waals surface area contributed by atoms with Gasteiger partial charge in [0.1, 0.15) is 0 Å². The van der Waals surface area contributed by atoms with Gasteiger partial charge in [-0.2, -0.15) is 4.31 Å². The summed E-state index contributed by atoms with van der Waals surface area (Å²) in [6, 6.07) is 14.1. The number of carbonyl (C=O) groups excluding carboxylic acids is 2. The first-order chi connectivity index (χ1) is 13.9.